The van der Waals surface area contributed by atoms with Gasteiger partial charge in [-0.05, 0) is 68.0 Å². The van der Waals surface area contributed by atoms with Crippen molar-refractivity contribution in [3.8, 4) is 5.75 Å². The molecular weight excluding hydrogens is 457 g/mol. The van der Waals surface area contributed by atoms with Gasteiger partial charge in [0.1, 0.15) is 12.4 Å². The quantitative estimate of drug-likeness (QED) is 0.539. The minimum atomic E-state index is -4.46. The lowest BCUT2D eigenvalue weighted by molar-refractivity contribution is -0.137. The van der Waals surface area contributed by atoms with Crippen molar-refractivity contribution in [2.24, 2.45) is 5.92 Å². The van der Waals surface area contributed by atoms with Gasteiger partial charge in [-0.1, -0.05) is 26.0 Å². The van der Waals surface area contributed by atoms with E-state index in [9.17, 15) is 22.8 Å². The number of hydrogen-bond acceptors (Lipinski definition) is 3. The molecule has 190 valence electrons. The van der Waals surface area contributed by atoms with Gasteiger partial charge in [0, 0.05) is 25.7 Å². The van der Waals surface area contributed by atoms with E-state index >= 15 is 0 Å². The zero-order valence-corrected chi connectivity index (χ0v) is 20.5. The average molecular weight is 491 g/mol. The molecule has 0 fully saturated rings. The van der Waals surface area contributed by atoms with Crippen LogP contribution in [-0.4, -0.2) is 54.4 Å². The molecule has 2 amide bonds. The third kappa shape index (κ3) is 6.99. The van der Waals surface area contributed by atoms with Gasteiger partial charge in [-0.2, -0.15) is 13.2 Å². The van der Waals surface area contributed by atoms with Gasteiger partial charge >= 0.3 is 6.18 Å². The Kier molecular flexibility index (Phi) is 8.81. The van der Waals surface area contributed by atoms with E-state index in [0.29, 0.717) is 30.8 Å². The second-order valence-corrected chi connectivity index (χ2v) is 9.45. The minimum Gasteiger partial charge on any atom is -0.491 e. The van der Waals surface area contributed by atoms with Crippen LogP contribution in [0.15, 0.2) is 48.5 Å². The second kappa shape index (κ2) is 11.6. The van der Waals surface area contributed by atoms with Gasteiger partial charge in [0.15, 0.2) is 0 Å². The SMILES string of the molecule is CC(C)C[C@H]1COc2ccccc2C(=O)N(C)CCCCCN1C(=O)c1ccc(C(F)(F)F)cc1. The molecule has 2 aromatic carbocycles. The summed E-state index contributed by atoms with van der Waals surface area (Å²) in [6.45, 7) is 5.32. The molecule has 2 aromatic rings. The fraction of sp³-hybridized carbons (Fsp3) is 0.481. The first-order valence-corrected chi connectivity index (χ1v) is 12.0. The molecule has 0 saturated carbocycles. The van der Waals surface area contributed by atoms with E-state index in [1.807, 2.05) is 13.8 Å². The monoisotopic (exact) mass is 490 g/mol. The van der Waals surface area contributed by atoms with Crippen molar-refractivity contribution >= 4 is 11.8 Å². The van der Waals surface area contributed by atoms with Crippen LogP contribution in [0.1, 0.15) is 65.8 Å². The number of ether oxygens (including phenoxy) is 1. The first kappa shape index (κ1) is 26.6. The third-order valence-corrected chi connectivity index (χ3v) is 6.19. The standard InChI is InChI=1S/C27H33F3N2O3/c1-19(2)17-22-18-35-24-10-6-5-9-23(24)26(34)31(3)15-7-4-8-16-32(22)25(33)20-11-13-21(14-12-20)27(28,29)30/h5-6,9-14,19,22H,4,7-8,15-18H2,1-3H3/t22-/m0/s1. The molecule has 0 spiro atoms. The van der Waals surface area contributed by atoms with Gasteiger partial charge in [0.2, 0.25) is 0 Å². The van der Waals surface area contributed by atoms with Crippen LogP contribution < -0.4 is 4.74 Å². The lowest BCUT2D eigenvalue weighted by Crippen LogP contribution is -2.45. The van der Waals surface area contributed by atoms with E-state index in [4.69, 9.17) is 4.74 Å². The van der Waals surface area contributed by atoms with Crippen molar-refractivity contribution in [1.29, 1.82) is 0 Å². The number of hydrogen-bond donors (Lipinski definition) is 0. The molecule has 0 unspecified atom stereocenters. The van der Waals surface area contributed by atoms with E-state index in [2.05, 4.69) is 0 Å². The molecule has 5 nitrogen and oxygen atoms in total. The predicted octanol–water partition coefficient (Wildman–Crippen LogP) is 5.90. The number of para-hydroxylation sites is 1. The Morgan fingerprint density at radius 1 is 1.03 bits per heavy atom. The van der Waals surface area contributed by atoms with Crippen LogP contribution in [0.25, 0.3) is 0 Å². The van der Waals surface area contributed by atoms with Gasteiger partial charge < -0.3 is 14.5 Å². The Morgan fingerprint density at radius 2 is 1.69 bits per heavy atom. The predicted molar refractivity (Wildman–Crippen MR) is 128 cm³/mol. The molecule has 35 heavy (non-hydrogen) atoms. The molecule has 1 aliphatic heterocycles. The largest absolute Gasteiger partial charge is 0.491 e. The number of alkyl halides is 3. The molecule has 3 rings (SSSR count). The van der Waals surface area contributed by atoms with Gasteiger partial charge in [0.25, 0.3) is 11.8 Å². The summed E-state index contributed by atoms with van der Waals surface area (Å²) in [6.07, 6.45) is -1.49. The number of carbonyl (C=O) groups excluding carboxylic acids is 2. The van der Waals surface area contributed by atoms with Crippen molar-refractivity contribution < 1.29 is 27.5 Å². The van der Waals surface area contributed by atoms with Crippen LogP contribution in [-0.2, 0) is 6.18 Å². The van der Waals surface area contributed by atoms with Crippen molar-refractivity contribution in [2.75, 3.05) is 26.7 Å². The zero-order valence-electron chi connectivity index (χ0n) is 20.5. The first-order valence-electron chi connectivity index (χ1n) is 12.0. The summed E-state index contributed by atoms with van der Waals surface area (Å²) in [5.74, 6) is 0.284. The molecular formula is C27H33F3N2O3. The average Bonchev–Trinajstić information content (AvgIpc) is 2.83. The van der Waals surface area contributed by atoms with Crippen LogP contribution in [0.4, 0.5) is 13.2 Å². The van der Waals surface area contributed by atoms with Crippen molar-refractivity contribution in [3.05, 3.63) is 65.2 Å². The Morgan fingerprint density at radius 3 is 2.34 bits per heavy atom. The Hall–Kier alpha value is -3.03. The highest BCUT2D eigenvalue weighted by molar-refractivity contribution is 5.97. The maximum atomic E-state index is 13.5. The zero-order chi connectivity index (χ0) is 25.6. The maximum Gasteiger partial charge on any atom is 0.416 e. The van der Waals surface area contributed by atoms with Crippen LogP contribution in [0, 0.1) is 5.92 Å². The molecule has 0 N–H and O–H groups in total. The highest BCUT2D eigenvalue weighted by Crippen LogP contribution is 2.30. The minimum absolute atomic E-state index is 0.113. The van der Waals surface area contributed by atoms with Crippen LogP contribution in [0.2, 0.25) is 0 Å². The number of benzene rings is 2. The molecule has 1 heterocycles. The molecule has 0 radical (unpaired) electrons. The summed E-state index contributed by atoms with van der Waals surface area (Å²) in [5, 5.41) is 0. The van der Waals surface area contributed by atoms with E-state index in [-0.39, 0.29) is 35.9 Å². The molecule has 8 heteroatoms. The Balaban J connectivity index is 1.92. The first-order chi connectivity index (χ1) is 16.6. The topological polar surface area (TPSA) is 49.9 Å². The number of carbonyl (C=O) groups is 2. The number of fused-ring (bicyclic) bond motifs is 1. The van der Waals surface area contributed by atoms with E-state index in [1.54, 1.807) is 41.1 Å². The Bertz CT molecular complexity index is 1010. The lowest BCUT2D eigenvalue weighted by Gasteiger charge is -2.33. The van der Waals surface area contributed by atoms with Gasteiger partial charge in [-0.15, -0.1) is 0 Å². The fourth-order valence-corrected chi connectivity index (χ4v) is 4.32. The number of amides is 2. The van der Waals surface area contributed by atoms with Crippen molar-refractivity contribution in [2.45, 2.75) is 51.7 Å². The van der Waals surface area contributed by atoms with E-state index in [1.165, 1.54) is 12.1 Å². The summed E-state index contributed by atoms with van der Waals surface area (Å²) in [5.41, 5.74) is -0.101. The van der Waals surface area contributed by atoms with Gasteiger partial charge in [0.05, 0.1) is 17.2 Å². The molecule has 0 aliphatic carbocycles. The van der Waals surface area contributed by atoms with Gasteiger partial charge in [-0.3, -0.25) is 9.59 Å². The molecule has 0 bridgehead atoms. The summed E-state index contributed by atoms with van der Waals surface area (Å²) in [4.78, 5) is 29.9. The maximum absolute atomic E-state index is 13.5. The number of nitrogens with zero attached hydrogens (tertiary/aromatic N) is 2. The van der Waals surface area contributed by atoms with Crippen LogP contribution >= 0.6 is 0 Å². The summed E-state index contributed by atoms with van der Waals surface area (Å²) < 4.78 is 45.1. The van der Waals surface area contributed by atoms with Crippen LogP contribution in [0.5, 0.6) is 5.75 Å². The highest BCUT2D eigenvalue weighted by atomic mass is 19.4. The smallest absolute Gasteiger partial charge is 0.416 e. The number of rotatable bonds is 3. The van der Waals surface area contributed by atoms with Crippen LogP contribution in [0.3, 0.4) is 0 Å². The molecule has 0 aromatic heterocycles. The summed E-state index contributed by atoms with van der Waals surface area (Å²) in [7, 11) is 1.76. The fourth-order valence-electron chi connectivity index (χ4n) is 4.32. The summed E-state index contributed by atoms with van der Waals surface area (Å²) in [6, 6.07) is 11.1. The Labute approximate surface area is 204 Å². The van der Waals surface area contributed by atoms with Crippen molar-refractivity contribution in [3.63, 3.8) is 0 Å². The normalized spacial score (nSPS) is 18.3. The van der Waals surface area contributed by atoms with Gasteiger partial charge in [-0.25, -0.2) is 0 Å². The summed E-state index contributed by atoms with van der Waals surface area (Å²) >= 11 is 0. The highest BCUT2D eigenvalue weighted by Gasteiger charge is 2.31. The second-order valence-electron chi connectivity index (χ2n) is 9.45. The van der Waals surface area contributed by atoms with E-state index < -0.39 is 11.7 Å². The lowest BCUT2D eigenvalue weighted by atomic mass is 10.0. The molecule has 1 aliphatic rings. The molecule has 1 atom stereocenters. The van der Waals surface area contributed by atoms with E-state index in [0.717, 1.165) is 31.4 Å². The molecule has 0 saturated heterocycles. The third-order valence-electron chi connectivity index (χ3n) is 6.19. The van der Waals surface area contributed by atoms with Crippen molar-refractivity contribution in [1.82, 2.24) is 9.80 Å². The number of halogens is 3.